The van der Waals surface area contributed by atoms with Gasteiger partial charge >= 0.3 is 5.96 Å². The van der Waals surface area contributed by atoms with Crippen LogP contribution in [-0.4, -0.2) is 16.9 Å². The molecule has 20 heavy (non-hydrogen) atoms. The molecule has 0 saturated carbocycles. The van der Waals surface area contributed by atoms with Crippen molar-refractivity contribution >= 4 is 34.1 Å². The third kappa shape index (κ3) is 4.15. The number of guanidine groups is 2. The molecule has 0 amide bonds. The molecule has 2 aromatic rings. The van der Waals surface area contributed by atoms with Gasteiger partial charge in [-0.1, -0.05) is 17.4 Å². The van der Waals surface area contributed by atoms with E-state index in [4.69, 9.17) is 11.5 Å². The van der Waals surface area contributed by atoms with Crippen LogP contribution in [0.25, 0.3) is 0 Å². The average molecular weight is 289 g/mol. The minimum absolute atomic E-state index is 0.0269. The maximum atomic E-state index is 5.45. The van der Waals surface area contributed by atoms with Crippen LogP contribution in [0.4, 0.5) is 10.8 Å². The fourth-order valence-electron chi connectivity index (χ4n) is 1.79. The normalized spacial score (nSPS) is 11.4. The second kappa shape index (κ2) is 6.27. The van der Waals surface area contributed by atoms with Crippen LogP contribution >= 0.6 is 11.3 Å². The summed E-state index contributed by atoms with van der Waals surface area (Å²) in [6, 6.07) is 6.04. The first kappa shape index (κ1) is 14.2. The Morgan fingerprint density at radius 1 is 1.20 bits per heavy atom. The summed E-state index contributed by atoms with van der Waals surface area (Å²) in [7, 11) is 0. The van der Waals surface area contributed by atoms with Crippen LogP contribution in [0.2, 0.25) is 0 Å². The van der Waals surface area contributed by atoms with Gasteiger partial charge in [0.2, 0.25) is 0 Å². The maximum absolute atomic E-state index is 5.45. The molecular formula is C13H17N6S+. The monoisotopic (exact) mass is 289 g/mol. The largest absolute Gasteiger partial charge is 0.370 e. The van der Waals surface area contributed by atoms with E-state index in [9.17, 15) is 0 Å². The Hall–Kier alpha value is -2.25. The molecule has 104 valence electrons. The molecule has 7 heteroatoms. The van der Waals surface area contributed by atoms with Crippen molar-refractivity contribution in [3.63, 3.8) is 0 Å². The number of hydrogen-bond acceptors (Lipinski definition) is 3. The number of rotatable bonds is 2. The van der Waals surface area contributed by atoms with E-state index in [1.807, 2.05) is 31.4 Å². The molecule has 0 bridgehead atoms. The summed E-state index contributed by atoms with van der Waals surface area (Å²) in [4.78, 5) is 12.7. The maximum Gasteiger partial charge on any atom is 0.336 e. The molecule has 0 saturated heterocycles. The second-order valence-electron chi connectivity index (χ2n) is 4.37. The van der Waals surface area contributed by atoms with E-state index in [0.29, 0.717) is 5.96 Å². The molecule has 6 N–H and O–H groups in total. The van der Waals surface area contributed by atoms with E-state index in [1.54, 1.807) is 11.5 Å². The number of quaternary nitrogens is 1. The van der Waals surface area contributed by atoms with Crippen molar-refractivity contribution < 1.29 is 5.32 Å². The van der Waals surface area contributed by atoms with Gasteiger partial charge in [-0.25, -0.2) is 5.32 Å². The highest BCUT2D eigenvalue weighted by Gasteiger charge is 2.08. The summed E-state index contributed by atoms with van der Waals surface area (Å²) in [5.74, 6) is 0.408. The van der Waals surface area contributed by atoms with Crippen molar-refractivity contribution in [2.75, 3.05) is 0 Å². The van der Waals surface area contributed by atoms with Crippen molar-refractivity contribution in [1.29, 1.82) is 0 Å². The van der Waals surface area contributed by atoms with Gasteiger partial charge < -0.3 is 11.5 Å². The zero-order valence-electron chi connectivity index (χ0n) is 11.4. The SMILES string of the molecule is Cc1cc(C)cc(N=C(N=C(N)N)[NH2+]c2nccs2)c1. The Kier molecular flexibility index (Phi) is 4.44. The van der Waals surface area contributed by atoms with Crippen molar-refractivity contribution in [1.82, 2.24) is 4.98 Å². The van der Waals surface area contributed by atoms with Crippen LogP contribution in [0.5, 0.6) is 0 Å². The molecule has 0 radical (unpaired) electrons. The number of aromatic nitrogens is 1. The first-order valence-corrected chi connectivity index (χ1v) is 6.92. The molecule has 0 spiro atoms. The van der Waals surface area contributed by atoms with Crippen LogP contribution in [-0.2, 0) is 0 Å². The molecule has 0 unspecified atom stereocenters. The minimum atomic E-state index is -0.0269. The van der Waals surface area contributed by atoms with E-state index in [0.717, 1.165) is 21.9 Å². The van der Waals surface area contributed by atoms with Crippen LogP contribution in [0.1, 0.15) is 11.1 Å². The lowest BCUT2D eigenvalue weighted by molar-refractivity contribution is -0.445. The Morgan fingerprint density at radius 3 is 2.45 bits per heavy atom. The zero-order chi connectivity index (χ0) is 14.5. The Morgan fingerprint density at radius 2 is 1.90 bits per heavy atom. The van der Waals surface area contributed by atoms with Gasteiger partial charge in [-0.3, -0.25) is 0 Å². The van der Waals surface area contributed by atoms with E-state index < -0.39 is 0 Å². The van der Waals surface area contributed by atoms with Crippen LogP contribution in [0, 0.1) is 13.8 Å². The summed E-state index contributed by atoms with van der Waals surface area (Å²) < 4.78 is 0. The van der Waals surface area contributed by atoms with Crippen LogP contribution in [0.3, 0.4) is 0 Å². The van der Waals surface area contributed by atoms with Gasteiger partial charge in [0.25, 0.3) is 5.13 Å². The number of nitrogens with two attached hydrogens (primary N) is 3. The van der Waals surface area contributed by atoms with Crippen molar-refractivity contribution in [3.05, 3.63) is 40.9 Å². The van der Waals surface area contributed by atoms with E-state index in [2.05, 4.69) is 21.0 Å². The third-order valence-electron chi connectivity index (χ3n) is 2.40. The summed E-state index contributed by atoms with van der Waals surface area (Å²) in [5.41, 5.74) is 14.0. The van der Waals surface area contributed by atoms with Gasteiger partial charge in [0, 0.05) is 11.6 Å². The van der Waals surface area contributed by atoms with Crippen molar-refractivity contribution in [3.8, 4) is 0 Å². The molecule has 1 heterocycles. The standard InChI is InChI=1S/C13H16N6S/c1-8-5-9(2)7-10(6-8)17-12(18-11(14)15)19-13-16-3-4-20-13/h3-7H,1-2H3,(H5,14,15,16,17,18,19)/p+1. The summed E-state index contributed by atoms with van der Waals surface area (Å²) >= 11 is 1.50. The number of aryl methyl sites for hydroxylation is 2. The third-order valence-corrected chi connectivity index (χ3v) is 3.12. The van der Waals surface area contributed by atoms with E-state index in [1.165, 1.54) is 11.3 Å². The zero-order valence-corrected chi connectivity index (χ0v) is 12.2. The van der Waals surface area contributed by atoms with Crippen LogP contribution in [0.15, 0.2) is 39.8 Å². The van der Waals surface area contributed by atoms with Gasteiger partial charge in [-0.2, -0.15) is 9.98 Å². The minimum Gasteiger partial charge on any atom is -0.370 e. The highest BCUT2D eigenvalue weighted by molar-refractivity contribution is 7.12. The molecule has 0 aliphatic carbocycles. The highest BCUT2D eigenvalue weighted by atomic mass is 32.1. The smallest absolute Gasteiger partial charge is 0.336 e. The fraction of sp³-hybridized carbons (Fsp3) is 0.154. The summed E-state index contributed by atoms with van der Waals surface area (Å²) in [6.45, 7) is 4.05. The Bertz CT molecular complexity index is 621. The Balaban J connectivity index is 2.34. The molecule has 0 atom stereocenters. The lowest BCUT2D eigenvalue weighted by Gasteiger charge is -2.01. The molecule has 0 fully saturated rings. The fourth-order valence-corrected chi connectivity index (χ4v) is 2.34. The van der Waals surface area contributed by atoms with E-state index in [-0.39, 0.29) is 5.96 Å². The number of nitrogens with zero attached hydrogens (tertiary/aromatic N) is 3. The number of hydrogen-bond donors (Lipinski definition) is 3. The molecule has 2 rings (SSSR count). The van der Waals surface area contributed by atoms with Crippen molar-refractivity contribution in [2.45, 2.75) is 13.8 Å². The van der Waals surface area contributed by atoms with Gasteiger partial charge in [-0.05, 0) is 37.1 Å². The lowest BCUT2D eigenvalue weighted by Crippen LogP contribution is -2.82. The topological polar surface area (TPSA) is 106 Å². The Labute approximate surface area is 121 Å². The number of aliphatic imine (C=N–C) groups is 2. The number of benzene rings is 1. The molecular weight excluding hydrogens is 272 g/mol. The van der Waals surface area contributed by atoms with Gasteiger partial charge in [0.1, 0.15) is 0 Å². The lowest BCUT2D eigenvalue weighted by atomic mass is 10.1. The first-order valence-electron chi connectivity index (χ1n) is 6.04. The molecule has 0 aliphatic rings. The first-order chi connectivity index (χ1) is 9.52. The molecule has 0 aliphatic heterocycles. The molecule has 6 nitrogen and oxygen atoms in total. The van der Waals surface area contributed by atoms with E-state index >= 15 is 0 Å². The number of thiazole rings is 1. The molecule has 1 aromatic heterocycles. The quantitative estimate of drug-likeness (QED) is 0.565. The second-order valence-corrected chi connectivity index (χ2v) is 5.29. The molecule has 1 aromatic carbocycles. The highest BCUT2D eigenvalue weighted by Crippen LogP contribution is 2.17. The van der Waals surface area contributed by atoms with Gasteiger partial charge in [-0.15, -0.1) is 4.99 Å². The predicted octanol–water partition coefficient (Wildman–Crippen LogP) is 0.916. The average Bonchev–Trinajstić information content (AvgIpc) is 2.79. The summed E-state index contributed by atoms with van der Waals surface area (Å²) in [5, 5.41) is 4.44. The van der Waals surface area contributed by atoms with Crippen molar-refractivity contribution in [2.24, 2.45) is 21.5 Å². The predicted molar refractivity (Wildman–Crippen MR) is 82.5 cm³/mol. The van der Waals surface area contributed by atoms with Gasteiger partial charge in [0.05, 0.1) is 5.69 Å². The van der Waals surface area contributed by atoms with Crippen LogP contribution < -0.4 is 16.8 Å². The summed E-state index contributed by atoms with van der Waals surface area (Å²) in [6.07, 6.45) is 1.72. The van der Waals surface area contributed by atoms with Gasteiger partial charge in [0.15, 0.2) is 5.96 Å².